The molecule has 0 aliphatic rings. The van der Waals surface area contributed by atoms with E-state index >= 15 is 0 Å². The van der Waals surface area contributed by atoms with E-state index in [4.69, 9.17) is 15.6 Å². The molecule has 7 heteroatoms. The van der Waals surface area contributed by atoms with Crippen LogP contribution in [0.3, 0.4) is 0 Å². The number of aliphatic hydroxyl groups is 2. The van der Waals surface area contributed by atoms with E-state index in [1.165, 1.54) is 0 Å². The van der Waals surface area contributed by atoms with Crippen LogP contribution >= 0.6 is 0 Å². The first kappa shape index (κ1) is 14.3. The first-order chi connectivity index (χ1) is 10.6. The molecular weight excluding hydrogens is 286 g/mol. The molecule has 0 aliphatic carbocycles. The van der Waals surface area contributed by atoms with Crippen molar-refractivity contribution in [1.29, 1.82) is 0 Å². The minimum absolute atomic E-state index is 0.126. The Hall–Kier alpha value is -2.64. The van der Waals surface area contributed by atoms with Crippen LogP contribution < -0.4 is 5.73 Å². The largest absolute Gasteiger partial charge is 0.458 e. The first-order valence-corrected chi connectivity index (χ1v) is 6.71. The number of aliphatic hydroxyl groups excluding tert-OH is 2. The van der Waals surface area contributed by atoms with Crippen LogP contribution in [0.4, 0.5) is 5.69 Å². The van der Waals surface area contributed by atoms with Gasteiger partial charge in [-0.15, -0.1) is 0 Å². The number of H-pyrrole nitrogens is 1. The van der Waals surface area contributed by atoms with Crippen molar-refractivity contribution in [3.8, 4) is 0 Å². The molecule has 1 aromatic carbocycles. The summed E-state index contributed by atoms with van der Waals surface area (Å²) in [6, 6.07) is 7.08. The highest BCUT2D eigenvalue weighted by molar-refractivity contribution is 6.09. The number of fused-ring (bicyclic) bond motifs is 3. The van der Waals surface area contributed by atoms with E-state index in [1.54, 1.807) is 18.3 Å². The topological polar surface area (TPSA) is 121 Å². The summed E-state index contributed by atoms with van der Waals surface area (Å²) < 4.78 is 4.90. The Bertz CT molecular complexity index is 843. The maximum Gasteiger partial charge on any atom is 0.357 e. The summed E-state index contributed by atoms with van der Waals surface area (Å²) in [5.41, 5.74) is 8.23. The second-order valence-corrected chi connectivity index (χ2v) is 4.98. The molecule has 0 saturated heterocycles. The Labute approximate surface area is 125 Å². The van der Waals surface area contributed by atoms with Gasteiger partial charge in [-0.3, -0.25) is 0 Å². The quantitative estimate of drug-likeness (QED) is 0.418. The van der Waals surface area contributed by atoms with E-state index in [9.17, 15) is 9.90 Å². The number of esters is 1. The minimum Gasteiger partial charge on any atom is -0.458 e. The van der Waals surface area contributed by atoms with E-state index in [2.05, 4.69) is 9.97 Å². The third kappa shape index (κ3) is 2.59. The van der Waals surface area contributed by atoms with Crippen LogP contribution in [0.1, 0.15) is 10.5 Å². The smallest absolute Gasteiger partial charge is 0.357 e. The van der Waals surface area contributed by atoms with Crippen LogP contribution in [0.5, 0.6) is 0 Å². The summed E-state index contributed by atoms with van der Waals surface area (Å²) in [4.78, 5) is 19.2. The maximum atomic E-state index is 11.9. The molecule has 3 rings (SSSR count). The number of hydrogen-bond donors (Lipinski definition) is 4. The lowest BCUT2D eigenvalue weighted by atomic mass is 10.1. The first-order valence-electron chi connectivity index (χ1n) is 6.71. The lowest BCUT2D eigenvalue weighted by molar-refractivity contribution is 0.00890. The third-order valence-electron chi connectivity index (χ3n) is 3.33. The van der Waals surface area contributed by atoms with Crippen LogP contribution in [0.2, 0.25) is 0 Å². The van der Waals surface area contributed by atoms with Gasteiger partial charge in [-0.25, -0.2) is 9.78 Å². The fourth-order valence-electron chi connectivity index (χ4n) is 2.23. The molecule has 0 aliphatic heterocycles. The summed E-state index contributed by atoms with van der Waals surface area (Å²) in [7, 11) is 0. The van der Waals surface area contributed by atoms with Crippen molar-refractivity contribution in [2.24, 2.45) is 0 Å². The fraction of sp³-hybridized carbons (Fsp3) is 0.200. The number of nitrogens with zero attached hydrogens (tertiary/aromatic N) is 1. The van der Waals surface area contributed by atoms with Crippen LogP contribution in [0, 0.1) is 0 Å². The van der Waals surface area contributed by atoms with Gasteiger partial charge in [0.1, 0.15) is 18.4 Å². The number of hydrogen-bond acceptors (Lipinski definition) is 6. The average molecular weight is 301 g/mol. The van der Waals surface area contributed by atoms with Crippen molar-refractivity contribution in [2.45, 2.75) is 6.10 Å². The number of aromatic nitrogens is 2. The van der Waals surface area contributed by atoms with Crippen LogP contribution in [0.15, 0.2) is 30.5 Å². The molecule has 0 radical (unpaired) electrons. The van der Waals surface area contributed by atoms with E-state index in [1.807, 2.05) is 12.1 Å². The van der Waals surface area contributed by atoms with Crippen molar-refractivity contribution in [3.63, 3.8) is 0 Å². The van der Waals surface area contributed by atoms with Crippen molar-refractivity contribution in [3.05, 3.63) is 36.2 Å². The van der Waals surface area contributed by atoms with Gasteiger partial charge in [-0.05, 0) is 24.3 Å². The third-order valence-corrected chi connectivity index (χ3v) is 3.33. The number of aromatic amines is 1. The van der Waals surface area contributed by atoms with Crippen molar-refractivity contribution in [2.75, 3.05) is 18.9 Å². The zero-order valence-electron chi connectivity index (χ0n) is 11.6. The number of pyridine rings is 1. The Morgan fingerprint density at radius 2 is 2.09 bits per heavy atom. The second kappa shape index (κ2) is 5.63. The summed E-state index contributed by atoms with van der Waals surface area (Å²) in [6.45, 7) is -0.753. The summed E-state index contributed by atoms with van der Waals surface area (Å²) in [6.07, 6.45) is 0.450. The molecule has 0 saturated carbocycles. The Morgan fingerprint density at radius 3 is 2.86 bits per heavy atom. The Kier molecular flexibility index (Phi) is 3.66. The van der Waals surface area contributed by atoms with E-state index in [0.29, 0.717) is 5.69 Å². The molecule has 2 aromatic heterocycles. The maximum absolute atomic E-state index is 11.9. The molecule has 3 aromatic rings. The molecule has 5 N–H and O–H groups in total. The predicted octanol–water partition coefficient (Wildman–Crippen LogP) is 0.808. The van der Waals surface area contributed by atoms with Crippen LogP contribution in [0.25, 0.3) is 21.8 Å². The van der Waals surface area contributed by atoms with Crippen LogP contribution in [-0.4, -0.2) is 45.5 Å². The highest BCUT2D eigenvalue weighted by atomic mass is 16.5. The zero-order valence-corrected chi connectivity index (χ0v) is 11.6. The van der Waals surface area contributed by atoms with Gasteiger partial charge in [0.2, 0.25) is 0 Å². The molecule has 0 amide bonds. The molecule has 2 heterocycles. The number of carbonyl (C=O) groups excluding carboxylic acids is 1. The zero-order chi connectivity index (χ0) is 15.7. The lowest BCUT2D eigenvalue weighted by Gasteiger charge is -2.07. The molecule has 22 heavy (non-hydrogen) atoms. The summed E-state index contributed by atoms with van der Waals surface area (Å²) in [5.74, 6) is -0.660. The molecule has 0 spiro atoms. The number of nitrogens with two attached hydrogens (primary N) is 1. The van der Waals surface area contributed by atoms with Crippen LogP contribution in [-0.2, 0) is 4.74 Å². The van der Waals surface area contributed by atoms with Crippen molar-refractivity contribution in [1.82, 2.24) is 9.97 Å². The number of rotatable bonds is 4. The van der Waals surface area contributed by atoms with Gasteiger partial charge in [0.25, 0.3) is 0 Å². The SMILES string of the molecule is Nc1ccc2[nH]c3cnc(C(=O)OCC(O)CO)cc3c2c1. The highest BCUT2D eigenvalue weighted by Gasteiger charge is 2.14. The summed E-state index contributed by atoms with van der Waals surface area (Å²) in [5, 5.41) is 19.6. The van der Waals surface area contributed by atoms with E-state index in [0.717, 1.165) is 21.8 Å². The van der Waals surface area contributed by atoms with Gasteiger partial charge in [-0.1, -0.05) is 0 Å². The van der Waals surface area contributed by atoms with Gasteiger partial charge in [-0.2, -0.15) is 0 Å². The molecule has 114 valence electrons. The number of carbonyl (C=O) groups is 1. The predicted molar refractivity (Wildman–Crippen MR) is 81.4 cm³/mol. The second-order valence-electron chi connectivity index (χ2n) is 4.98. The Morgan fingerprint density at radius 1 is 1.32 bits per heavy atom. The number of benzene rings is 1. The molecule has 0 bridgehead atoms. The normalized spacial score (nSPS) is 12.6. The van der Waals surface area contributed by atoms with E-state index in [-0.39, 0.29) is 12.3 Å². The molecule has 7 nitrogen and oxygen atoms in total. The summed E-state index contributed by atoms with van der Waals surface area (Å²) >= 11 is 0. The molecule has 1 atom stereocenters. The van der Waals surface area contributed by atoms with Gasteiger partial charge in [0.15, 0.2) is 0 Å². The number of nitrogen functional groups attached to an aromatic ring is 1. The Balaban J connectivity index is 1.96. The lowest BCUT2D eigenvalue weighted by Crippen LogP contribution is -2.22. The number of ether oxygens (including phenoxy) is 1. The minimum atomic E-state index is -1.10. The number of nitrogens with one attached hydrogen (secondary N) is 1. The number of anilines is 1. The van der Waals surface area contributed by atoms with Gasteiger partial charge in [0, 0.05) is 22.0 Å². The average Bonchev–Trinajstić information content (AvgIpc) is 2.89. The molecule has 1 unspecified atom stereocenters. The molecular formula is C15H15N3O4. The monoisotopic (exact) mass is 301 g/mol. The van der Waals surface area contributed by atoms with Crippen molar-refractivity contribution >= 4 is 33.5 Å². The fourth-order valence-corrected chi connectivity index (χ4v) is 2.23. The van der Waals surface area contributed by atoms with E-state index < -0.39 is 18.7 Å². The molecule has 0 fully saturated rings. The standard InChI is InChI=1S/C15H15N3O4/c16-8-1-2-12-10(3-8)11-4-13(17-5-14(11)18-12)15(21)22-7-9(20)6-19/h1-5,9,18-20H,6-7,16H2. The van der Waals surface area contributed by atoms with Crippen molar-refractivity contribution < 1.29 is 19.7 Å². The highest BCUT2D eigenvalue weighted by Crippen LogP contribution is 2.27. The van der Waals surface area contributed by atoms with Gasteiger partial charge >= 0.3 is 5.97 Å². The van der Waals surface area contributed by atoms with Gasteiger partial charge in [0.05, 0.1) is 18.3 Å². The van der Waals surface area contributed by atoms with Gasteiger partial charge < -0.3 is 25.7 Å².